The highest BCUT2D eigenvalue weighted by molar-refractivity contribution is 5.68. The maximum Gasteiger partial charge on any atom is 0.303 e. The summed E-state index contributed by atoms with van der Waals surface area (Å²) in [6.45, 7) is 14.8. The number of carboxylic acids is 2. The molecular formula is C34H42N4O4. The Morgan fingerprint density at radius 3 is 1.38 bits per heavy atom. The van der Waals surface area contributed by atoms with E-state index in [1.807, 2.05) is 6.08 Å². The molecule has 8 bridgehead atoms. The van der Waals surface area contributed by atoms with E-state index in [0.717, 1.165) is 80.5 Å². The fourth-order valence-electron chi connectivity index (χ4n) is 6.91. The van der Waals surface area contributed by atoms with Gasteiger partial charge in [-0.2, -0.15) is 0 Å². The third kappa shape index (κ3) is 5.38. The molecule has 0 radical (unpaired) electrons. The van der Waals surface area contributed by atoms with Gasteiger partial charge in [0.2, 0.25) is 0 Å². The van der Waals surface area contributed by atoms with Gasteiger partial charge in [-0.3, -0.25) is 9.59 Å². The molecule has 6 N–H and O–H groups in total. The van der Waals surface area contributed by atoms with Gasteiger partial charge in [-0.05, 0) is 91.5 Å². The van der Waals surface area contributed by atoms with E-state index in [0.29, 0.717) is 32.1 Å². The van der Waals surface area contributed by atoms with E-state index in [-0.39, 0.29) is 12.8 Å². The molecule has 5 heterocycles. The summed E-state index contributed by atoms with van der Waals surface area (Å²) in [6.07, 6.45) is 6.51. The molecule has 0 spiro atoms. The number of hydrogen-bond donors (Lipinski definition) is 6. The number of carboxylic acid groups (broad SMARTS) is 2. The molecule has 4 aromatic rings. The van der Waals surface area contributed by atoms with Crippen LogP contribution in [0.25, 0.3) is 6.08 Å². The summed E-state index contributed by atoms with van der Waals surface area (Å²) in [7, 11) is 0. The molecule has 4 aromatic heterocycles. The molecule has 0 aromatic carbocycles. The van der Waals surface area contributed by atoms with Gasteiger partial charge in [0, 0.05) is 84.1 Å². The van der Waals surface area contributed by atoms with E-state index in [1.54, 1.807) is 0 Å². The van der Waals surface area contributed by atoms with E-state index < -0.39 is 11.9 Å². The summed E-state index contributed by atoms with van der Waals surface area (Å²) in [4.78, 5) is 38.0. The van der Waals surface area contributed by atoms with Crippen molar-refractivity contribution in [1.29, 1.82) is 0 Å². The third-order valence-electron chi connectivity index (χ3n) is 9.35. The number of hydrogen-bond acceptors (Lipinski definition) is 2. The van der Waals surface area contributed by atoms with Crippen LogP contribution in [0.15, 0.2) is 6.58 Å². The van der Waals surface area contributed by atoms with Crippen LogP contribution < -0.4 is 0 Å². The van der Waals surface area contributed by atoms with Gasteiger partial charge in [0.1, 0.15) is 0 Å². The lowest BCUT2D eigenvalue weighted by molar-refractivity contribution is -0.138. The number of rotatable bonds is 8. The maximum absolute atomic E-state index is 11.6. The van der Waals surface area contributed by atoms with Gasteiger partial charge in [-0.25, -0.2) is 0 Å². The van der Waals surface area contributed by atoms with Crippen molar-refractivity contribution in [3.8, 4) is 0 Å². The van der Waals surface area contributed by atoms with Gasteiger partial charge < -0.3 is 30.1 Å². The predicted molar refractivity (Wildman–Crippen MR) is 165 cm³/mol. The van der Waals surface area contributed by atoms with Crippen molar-refractivity contribution in [2.75, 3.05) is 0 Å². The quantitative estimate of drug-likeness (QED) is 0.133. The Morgan fingerprint density at radius 1 is 0.619 bits per heavy atom. The first kappa shape index (κ1) is 29.3. The van der Waals surface area contributed by atoms with Gasteiger partial charge in [0.15, 0.2) is 0 Å². The number of H-pyrrole nitrogens is 4. The second-order valence-electron chi connectivity index (χ2n) is 11.7. The van der Waals surface area contributed by atoms with Crippen molar-refractivity contribution in [1.82, 2.24) is 19.9 Å². The standard InChI is InChI=1S/C34H42N4O4/c1-7-21-17(3)25-13-29-22(8-2)18(4)26(36-29)15-31-24(10-12-34(41)42)20(6)28(38-31)16-32-23(9-11-33(39)40)19(5)27(37-32)14-30(21)35-25/h7,35-38H,1,8-16H2,2-6H3,(H,39,40)(H,41,42). The molecular weight excluding hydrogens is 528 g/mol. The predicted octanol–water partition coefficient (Wildman–Crippen LogP) is 6.15. The number of aromatic nitrogens is 4. The van der Waals surface area contributed by atoms with E-state index in [1.165, 1.54) is 22.4 Å². The molecule has 0 saturated carbocycles. The van der Waals surface area contributed by atoms with E-state index >= 15 is 0 Å². The number of nitrogens with one attached hydrogen (secondary N) is 4. The smallest absolute Gasteiger partial charge is 0.303 e. The van der Waals surface area contributed by atoms with Crippen LogP contribution in [0.2, 0.25) is 0 Å². The lowest BCUT2D eigenvalue weighted by atomic mass is 9.97. The maximum atomic E-state index is 11.6. The Balaban J connectivity index is 1.71. The summed E-state index contributed by atoms with van der Waals surface area (Å²) in [5, 5.41) is 19.0. The summed E-state index contributed by atoms with van der Waals surface area (Å²) in [5.41, 5.74) is 17.9. The summed E-state index contributed by atoms with van der Waals surface area (Å²) >= 11 is 0. The first-order valence-corrected chi connectivity index (χ1v) is 14.9. The highest BCUT2D eigenvalue weighted by atomic mass is 16.4. The minimum atomic E-state index is -0.818. The minimum absolute atomic E-state index is 0.0571. The van der Waals surface area contributed by atoms with Crippen LogP contribution in [0.1, 0.15) is 110 Å². The van der Waals surface area contributed by atoms with Gasteiger partial charge in [-0.1, -0.05) is 19.6 Å². The molecule has 0 fully saturated rings. The Labute approximate surface area is 246 Å². The molecule has 8 heteroatoms. The van der Waals surface area contributed by atoms with Crippen molar-refractivity contribution in [3.63, 3.8) is 0 Å². The van der Waals surface area contributed by atoms with Crippen molar-refractivity contribution < 1.29 is 19.8 Å². The molecule has 0 unspecified atom stereocenters. The van der Waals surface area contributed by atoms with Gasteiger partial charge >= 0.3 is 11.9 Å². The first-order valence-electron chi connectivity index (χ1n) is 14.9. The van der Waals surface area contributed by atoms with Gasteiger partial charge in [-0.15, -0.1) is 0 Å². The Kier molecular flexibility index (Phi) is 8.08. The van der Waals surface area contributed by atoms with Crippen molar-refractivity contribution >= 4 is 18.0 Å². The van der Waals surface area contributed by atoms with Crippen LogP contribution in [-0.2, 0) is 54.5 Å². The summed E-state index contributed by atoms with van der Waals surface area (Å²) < 4.78 is 0. The van der Waals surface area contributed by atoms with Crippen molar-refractivity contribution in [2.24, 2.45) is 0 Å². The monoisotopic (exact) mass is 570 g/mol. The Hall–Kier alpha value is -4.20. The van der Waals surface area contributed by atoms with Crippen LogP contribution >= 0.6 is 0 Å². The zero-order valence-electron chi connectivity index (χ0n) is 25.4. The van der Waals surface area contributed by atoms with Crippen LogP contribution in [0.3, 0.4) is 0 Å². The zero-order valence-corrected chi connectivity index (χ0v) is 25.4. The third-order valence-corrected chi connectivity index (χ3v) is 9.35. The van der Waals surface area contributed by atoms with Crippen LogP contribution in [0, 0.1) is 27.7 Å². The molecule has 1 aliphatic heterocycles. The van der Waals surface area contributed by atoms with Crippen LogP contribution in [0.4, 0.5) is 0 Å². The minimum Gasteiger partial charge on any atom is -0.481 e. The average molecular weight is 571 g/mol. The Morgan fingerprint density at radius 2 is 0.976 bits per heavy atom. The normalized spacial score (nSPS) is 13.0. The molecule has 0 aliphatic carbocycles. The highest BCUT2D eigenvalue weighted by Gasteiger charge is 2.24. The van der Waals surface area contributed by atoms with E-state index in [9.17, 15) is 19.8 Å². The topological polar surface area (TPSA) is 138 Å². The van der Waals surface area contributed by atoms with Crippen molar-refractivity contribution in [3.05, 3.63) is 96.6 Å². The van der Waals surface area contributed by atoms with Crippen molar-refractivity contribution in [2.45, 2.75) is 92.4 Å². The first-order chi connectivity index (χ1) is 20.0. The lowest BCUT2D eigenvalue weighted by Gasteiger charge is -2.06. The SMILES string of the molecule is C=Cc1c2[nH]c(c1C)Cc1[nH]c(c(C)c1CC)Cc1[nH]c(c(C)c1CCC(=O)O)Cc1[nH]c(c(C)c1CCC(=O)O)C2. The molecule has 5 rings (SSSR count). The van der Waals surface area contributed by atoms with Crippen LogP contribution in [-0.4, -0.2) is 42.1 Å². The van der Waals surface area contributed by atoms with E-state index in [2.05, 4.69) is 61.1 Å². The largest absolute Gasteiger partial charge is 0.481 e. The van der Waals surface area contributed by atoms with Gasteiger partial charge in [0.25, 0.3) is 0 Å². The number of aromatic amines is 4. The molecule has 0 atom stereocenters. The highest BCUT2D eigenvalue weighted by Crippen LogP contribution is 2.33. The number of fused-ring (bicyclic) bond motifs is 8. The fourth-order valence-corrected chi connectivity index (χ4v) is 6.91. The molecule has 8 nitrogen and oxygen atoms in total. The van der Waals surface area contributed by atoms with Crippen LogP contribution in [0.5, 0.6) is 0 Å². The second kappa shape index (κ2) is 11.6. The summed E-state index contributed by atoms with van der Waals surface area (Å²) in [5.74, 6) is -1.63. The van der Waals surface area contributed by atoms with Gasteiger partial charge in [0.05, 0.1) is 0 Å². The van der Waals surface area contributed by atoms with E-state index in [4.69, 9.17) is 0 Å². The molecule has 1 aliphatic rings. The fraction of sp³-hybridized carbons (Fsp3) is 0.412. The summed E-state index contributed by atoms with van der Waals surface area (Å²) in [6, 6.07) is 0. The molecule has 42 heavy (non-hydrogen) atoms. The zero-order chi connectivity index (χ0) is 30.3. The Bertz CT molecular complexity index is 1690. The second-order valence-corrected chi connectivity index (χ2v) is 11.7. The molecule has 0 saturated heterocycles. The molecule has 222 valence electrons. The number of carbonyl (C=O) groups is 2. The molecule has 0 amide bonds. The average Bonchev–Trinajstić information content (AvgIpc) is 3.59. The number of aliphatic carboxylic acids is 2. The lowest BCUT2D eigenvalue weighted by Crippen LogP contribution is -2.02.